The van der Waals surface area contributed by atoms with Crippen LogP contribution in [0.5, 0.6) is 0 Å². The van der Waals surface area contributed by atoms with Crippen LogP contribution in [0.4, 0.5) is 4.79 Å². The van der Waals surface area contributed by atoms with Gasteiger partial charge < -0.3 is 15.3 Å². The molecular formula is C15H27N3O3. The minimum Gasteiger partial charge on any atom is -0.481 e. The summed E-state index contributed by atoms with van der Waals surface area (Å²) in [5, 5.41) is 11.7. The van der Waals surface area contributed by atoms with Gasteiger partial charge in [-0.2, -0.15) is 0 Å². The highest BCUT2D eigenvalue weighted by Crippen LogP contribution is 2.29. The van der Waals surface area contributed by atoms with Crippen LogP contribution in [0.15, 0.2) is 0 Å². The highest BCUT2D eigenvalue weighted by Gasteiger charge is 2.27. The van der Waals surface area contributed by atoms with Crippen LogP contribution in [0.2, 0.25) is 0 Å². The molecule has 1 aliphatic heterocycles. The molecular weight excluding hydrogens is 270 g/mol. The van der Waals surface area contributed by atoms with Crippen LogP contribution >= 0.6 is 0 Å². The molecule has 2 rings (SSSR count). The molecule has 6 nitrogen and oxygen atoms in total. The van der Waals surface area contributed by atoms with Gasteiger partial charge >= 0.3 is 12.0 Å². The number of carboxylic acid groups (broad SMARTS) is 1. The molecule has 1 unspecified atom stereocenters. The Labute approximate surface area is 126 Å². The fourth-order valence-electron chi connectivity index (χ4n) is 2.64. The average molecular weight is 297 g/mol. The van der Waals surface area contributed by atoms with E-state index in [1.165, 1.54) is 19.4 Å². The first kappa shape index (κ1) is 16.1. The van der Waals surface area contributed by atoms with E-state index in [9.17, 15) is 9.59 Å². The summed E-state index contributed by atoms with van der Waals surface area (Å²) in [5.74, 6) is -0.206. The Bertz CT molecular complexity index is 363. The zero-order chi connectivity index (χ0) is 15.2. The van der Waals surface area contributed by atoms with E-state index >= 15 is 0 Å². The summed E-state index contributed by atoms with van der Waals surface area (Å²) in [5.41, 5.74) is 0. The van der Waals surface area contributed by atoms with Crippen molar-refractivity contribution in [2.45, 2.75) is 32.6 Å². The van der Waals surface area contributed by atoms with Crippen LogP contribution in [0, 0.1) is 11.8 Å². The first-order valence-electron chi connectivity index (χ1n) is 8.04. The second kappa shape index (κ2) is 7.64. The largest absolute Gasteiger partial charge is 0.481 e. The van der Waals surface area contributed by atoms with Gasteiger partial charge in [0.2, 0.25) is 0 Å². The molecule has 2 aliphatic rings. The van der Waals surface area contributed by atoms with E-state index in [4.69, 9.17) is 5.11 Å². The molecule has 120 valence electrons. The van der Waals surface area contributed by atoms with Crippen LogP contribution in [0.25, 0.3) is 0 Å². The molecule has 2 fully saturated rings. The Morgan fingerprint density at radius 1 is 1.24 bits per heavy atom. The first-order chi connectivity index (χ1) is 10.1. The van der Waals surface area contributed by atoms with Gasteiger partial charge in [0.25, 0.3) is 0 Å². The van der Waals surface area contributed by atoms with E-state index in [1.807, 2.05) is 4.90 Å². The molecule has 1 saturated heterocycles. The van der Waals surface area contributed by atoms with Gasteiger partial charge in [-0.15, -0.1) is 0 Å². The fourth-order valence-corrected chi connectivity index (χ4v) is 2.64. The van der Waals surface area contributed by atoms with E-state index in [0.717, 1.165) is 32.1 Å². The van der Waals surface area contributed by atoms with Crippen LogP contribution in [0.3, 0.4) is 0 Å². The van der Waals surface area contributed by atoms with Gasteiger partial charge in [-0.1, -0.05) is 6.92 Å². The summed E-state index contributed by atoms with van der Waals surface area (Å²) in [4.78, 5) is 27.0. The molecule has 21 heavy (non-hydrogen) atoms. The van der Waals surface area contributed by atoms with Crippen LogP contribution in [-0.4, -0.2) is 66.2 Å². The van der Waals surface area contributed by atoms with E-state index < -0.39 is 5.97 Å². The lowest BCUT2D eigenvalue weighted by Gasteiger charge is -2.34. The maximum atomic E-state index is 12.0. The smallest absolute Gasteiger partial charge is 0.317 e. The van der Waals surface area contributed by atoms with Gasteiger partial charge in [-0.3, -0.25) is 9.69 Å². The average Bonchev–Trinajstić information content (AvgIpc) is 3.27. The van der Waals surface area contributed by atoms with Gasteiger partial charge in [0.05, 0.1) is 5.92 Å². The number of urea groups is 1. The maximum Gasteiger partial charge on any atom is 0.317 e. The molecule has 1 atom stereocenters. The quantitative estimate of drug-likeness (QED) is 0.693. The van der Waals surface area contributed by atoms with Gasteiger partial charge in [0.15, 0.2) is 0 Å². The maximum absolute atomic E-state index is 12.0. The zero-order valence-corrected chi connectivity index (χ0v) is 12.9. The summed E-state index contributed by atoms with van der Waals surface area (Å²) in [6.45, 7) is 6.98. The number of piperazine rings is 1. The summed E-state index contributed by atoms with van der Waals surface area (Å²) in [6.07, 6.45) is 4.05. The zero-order valence-electron chi connectivity index (χ0n) is 12.9. The van der Waals surface area contributed by atoms with E-state index in [-0.39, 0.29) is 11.9 Å². The molecule has 6 heteroatoms. The Hall–Kier alpha value is -1.30. The molecule has 0 aromatic rings. The summed E-state index contributed by atoms with van der Waals surface area (Å²) in [6, 6.07) is -0.0101. The van der Waals surface area contributed by atoms with Crippen molar-refractivity contribution < 1.29 is 14.7 Å². The second-order valence-corrected chi connectivity index (χ2v) is 6.34. The lowest BCUT2D eigenvalue weighted by Crippen LogP contribution is -2.52. The highest BCUT2D eigenvalue weighted by atomic mass is 16.4. The van der Waals surface area contributed by atoms with Crippen LogP contribution < -0.4 is 5.32 Å². The third-order valence-corrected chi connectivity index (χ3v) is 4.38. The number of nitrogens with one attached hydrogen (secondary N) is 1. The normalized spacial score (nSPS) is 21.1. The molecule has 1 heterocycles. The van der Waals surface area contributed by atoms with Crippen LogP contribution in [-0.2, 0) is 4.79 Å². The minimum atomic E-state index is -0.770. The van der Waals surface area contributed by atoms with Crippen molar-refractivity contribution >= 4 is 12.0 Å². The standard InChI is InChI=1S/C15H27N3O3/c1-12(14(19)20)3-2-6-16-15(21)18-9-7-17(8-10-18)11-13-4-5-13/h12-13H,2-11H2,1H3,(H,16,21)(H,19,20). The molecule has 2 amide bonds. The molecule has 1 aliphatic carbocycles. The Morgan fingerprint density at radius 2 is 1.90 bits per heavy atom. The molecule has 0 aromatic heterocycles. The van der Waals surface area contributed by atoms with Gasteiger partial charge in [-0.05, 0) is 31.6 Å². The predicted octanol–water partition coefficient (Wildman–Crippen LogP) is 1.22. The number of rotatable bonds is 7. The molecule has 1 saturated carbocycles. The van der Waals surface area contributed by atoms with E-state index in [2.05, 4.69) is 10.2 Å². The minimum absolute atomic E-state index is 0.0101. The van der Waals surface area contributed by atoms with Crippen molar-refractivity contribution in [1.82, 2.24) is 15.1 Å². The number of carbonyl (C=O) groups excluding carboxylic acids is 1. The molecule has 0 bridgehead atoms. The fraction of sp³-hybridized carbons (Fsp3) is 0.867. The Morgan fingerprint density at radius 3 is 2.48 bits per heavy atom. The number of amides is 2. The number of hydrogen-bond donors (Lipinski definition) is 2. The molecule has 0 radical (unpaired) electrons. The lowest BCUT2D eigenvalue weighted by atomic mass is 10.1. The monoisotopic (exact) mass is 297 g/mol. The number of hydrogen-bond acceptors (Lipinski definition) is 3. The Balaban J connectivity index is 1.55. The van der Waals surface area contributed by atoms with Gasteiger partial charge in [0.1, 0.15) is 0 Å². The second-order valence-electron chi connectivity index (χ2n) is 6.34. The lowest BCUT2D eigenvalue weighted by molar-refractivity contribution is -0.141. The topological polar surface area (TPSA) is 72.9 Å². The highest BCUT2D eigenvalue weighted by molar-refractivity contribution is 5.74. The van der Waals surface area contributed by atoms with Gasteiger partial charge in [0, 0.05) is 39.3 Å². The first-order valence-corrected chi connectivity index (χ1v) is 8.04. The van der Waals surface area contributed by atoms with Crippen molar-refractivity contribution in [3.8, 4) is 0 Å². The molecule has 2 N–H and O–H groups in total. The van der Waals surface area contributed by atoms with Gasteiger partial charge in [-0.25, -0.2) is 4.79 Å². The number of carbonyl (C=O) groups is 2. The van der Waals surface area contributed by atoms with Crippen LogP contribution in [0.1, 0.15) is 32.6 Å². The van der Waals surface area contributed by atoms with Crippen molar-refractivity contribution in [2.24, 2.45) is 11.8 Å². The third kappa shape index (κ3) is 5.53. The van der Waals surface area contributed by atoms with Crippen molar-refractivity contribution in [3.05, 3.63) is 0 Å². The number of nitrogens with zero attached hydrogens (tertiary/aromatic N) is 2. The van der Waals surface area contributed by atoms with Crippen molar-refractivity contribution in [1.29, 1.82) is 0 Å². The summed E-state index contributed by atoms with van der Waals surface area (Å²) < 4.78 is 0. The summed E-state index contributed by atoms with van der Waals surface area (Å²) in [7, 11) is 0. The Kier molecular flexibility index (Phi) is 5.85. The number of carboxylic acids is 1. The number of aliphatic carboxylic acids is 1. The van der Waals surface area contributed by atoms with Crippen molar-refractivity contribution in [3.63, 3.8) is 0 Å². The van der Waals surface area contributed by atoms with E-state index in [1.54, 1.807) is 6.92 Å². The predicted molar refractivity (Wildman–Crippen MR) is 80.2 cm³/mol. The molecule has 0 aromatic carbocycles. The summed E-state index contributed by atoms with van der Waals surface area (Å²) >= 11 is 0. The SMILES string of the molecule is CC(CCCNC(=O)N1CCN(CC2CC2)CC1)C(=O)O. The third-order valence-electron chi connectivity index (χ3n) is 4.38. The van der Waals surface area contributed by atoms with E-state index in [0.29, 0.717) is 19.4 Å². The molecule has 0 spiro atoms. The van der Waals surface area contributed by atoms with Crippen molar-refractivity contribution in [2.75, 3.05) is 39.3 Å².